The van der Waals surface area contributed by atoms with E-state index in [4.69, 9.17) is 0 Å². The first-order chi connectivity index (χ1) is 8.39. The molecule has 6 heteroatoms. The Bertz CT molecular complexity index is 521. The lowest BCUT2D eigenvalue weighted by molar-refractivity contribution is -0.274. The minimum absolute atomic E-state index is 0.152. The van der Waals surface area contributed by atoms with Gasteiger partial charge in [-0.2, -0.15) is 0 Å². The Morgan fingerprint density at radius 3 is 2.72 bits per heavy atom. The number of alkyl halides is 3. The number of rotatable bonds is 2. The maximum absolute atomic E-state index is 12.1. The molecular formula is C12H10F3NO2. The molecule has 18 heavy (non-hydrogen) atoms. The summed E-state index contributed by atoms with van der Waals surface area (Å²) in [5.74, 6) is -0.630. The Labute approximate surface area is 101 Å². The molecule has 0 saturated carbocycles. The summed E-state index contributed by atoms with van der Waals surface area (Å²) in [7, 11) is 0. The molecular weight excluding hydrogens is 247 g/mol. The second-order valence-electron chi connectivity index (χ2n) is 3.86. The van der Waals surface area contributed by atoms with E-state index in [0.717, 1.165) is 17.8 Å². The van der Waals surface area contributed by atoms with E-state index in [1.807, 2.05) is 6.92 Å². The number of benzene rings is 1. The Morgan fingerprint density at radius 2 is 2.11 bits per heavy atom. The van der Waals surface area contributed by atoms with Crippen molar-refractivity contribution in [2.24, 2.45) is 4.99 Å². The van der Waals surface area contributed by atoms with E-state index in [1.165, 1.54) is 6.07 Å². The molecule has 1 aromatic rings. The van der Waals surface area contributed by atoms with Gasteiger partial charge in [-0.15, -0.1) is 13.2 Å². The van der Waals surface area contributed by atoms with Crippen molar-refractivity contribution >= 4 is 17.2 Å². The number of nitrogens with zero attached hydrogens (tertiary/aromatic N) is 1. The largest absolute Gasteiger partial charge is 0.573 e. The van der Waals surface area contributed by atoms with Gasteiger partial charge in [-0.25, -0.2) is 0 Å². The molecule has 1 aliphatic rings. The average Bonchev–Trinajstić information content (AvgIpc) is 2.27. The van der Waals surface area contributed by atoms with Gasteiger partial charge in [0.05, 0.1) is 5.69 Å². The van der Waals surface area contributed by atoms with Crippen molar-refractivity contribution in [3.63, 3.8) is 0 Å². The molecule has 1 aromatic carbocycles. The summed E-state index contributed by atoms with van der Waals surface area (Å²) >= 11 is 0. The van der Waals surface area contributed by atoms with Crippen LogP contribution in [-0.2, 0) is 0 Å². The zero-order valence-corrected chi connectivity index (χ0v) is 9.54. The zero-order valence-electron chi connectivity index (χ0n) is 9.54. The first kappa shape index (κ1) is 12.6. The molecule has 0 N–H and O–H groups in total. The predicted molar refractivity (Wildman–Crippen MR) is 59.5 cm³/mol. The lowest BCUT2D eigenvalue weighted by Crippen LogP contribution is -2.18. The number of aliphatic imine (C=N–C) groups is 1. The van der Waals surface area contributed by atoms with Crippen LogP contribution in [0.1, 0.15) is 30.1 Å². The third-order valence-corrected chi connectivity index (χ3v) is 2.55. The number of hydrogen-bond donors (Lipinski definition) is 0. The van der Waals surface area contributed by atoms with E-state index in [-0.39, 0.29) is 17.8 Å². The van der Waals surface area contributed by atoms with Gasteiger partial charge in [0.2, 0.25) is 0 Å². The number of fused-ring (bicyclic) bond motifs is 1. The van der Waals surface area contributed by atoms with Crippen LogP contribution in [0.15, 0.2) is 23.2 Å². The van der Waals surface area contributed by atoms with E-state index in [0.29, 0.717) is 12.1 Å². The summed E-state index contributed by atoms with van der Waals surface area (Å²) in [6.45, 7) is 1.87. The number of hydrogen-bond acceptors (Lipinski definition) is 3. The SMILES string of the molecule is CCC1=Nc2ccc(OC(F)(F)F)cc2C(=O)C1. The Balaban J connectivity index is 2.36. The molecule has 2 rings (SSSR count). The summed E-state index contributed by atoms with van der Waals surface area (Å²) in [4.78, 5) is 16.0. The molecule has 3 nitrogen and oxygen atoms in total. The monoisotopic (exact) mass is 257 g/mol. The Hall–Kier alpha value is -1.85. The van der Waals surface area contributed by atoms with Crippen LogP contribution in [0.25, 0.3) is 0 Å². The van der Waals surface area contributed by atoms with E-state index < -0.39 is 12.1 Å². The highest BCUT2D eigenvalue weighted by atomic mass is 19.4. The maximum Gasteiger partial charge on any atom is 0.573 e. The van der Waals surface area contributed by atoms with Gasteiger partial charge in [0.1, 0.15) is 5.75 Å². The van der Waals surface area contributed by atoms with Crippen LogP contribution in [0.5, 0.6) is 5.75 Å². The lowest BCUT2D eigenvalue weighted by atomic mass is 9.99. The fourth-order valence-corrected chi connectivity index (χ4v) is 1.73. The van der Waals surface area contributed by atoms with Gasteiger partial charge in [-0.3, -0.25) is 9.79 Å². The first-order valence-corrected chi connectivity index (χ1v) is 5.38. The van der Waals surface area contributed by atoms with E-state index in [9.17, 15) is 18.0 Å². The van der Waals surface area contributed by atoms with Gasteiger partial charge in [-0.1, -0.05) is 6.92 Å². The molecule has 0 spiro atoms. The topological polar surface area (TPSA) is 38.7 Å². The molecule has 1 heterocycles. The summed E-state index contributed by atoms with van der Waals surface area (Å²) < 4.78 is 39.9. The van der Waals surface area contributed by atoms with Crippen molar-refractivity contribution < 1.29 is 22.7 Å². The fourth-order valence-electron chi connectivity index (χ4n) is 1.73. The Kier molecular flexibility index (Phi) is 3.11. The smallest absolute Gasteiger partial charge is 0.406 e. The molecule has 0 radical (unpaired) electrons. The number of Topliss-reactive ketones (excluding diaryl/α,β-unsaturated/α-hetero) is 1. The predicted octanol–water partition coefficient (Wildman–Crippen LogP) is 3.65. The van der Waals surface area contributed by atoms with Crippen LogP contribution < -0.4 is 4.74 Å². The van der Waals surface area contributed by atoms with Gasteiger partial charge < -0.3 is 4.74 Å². The van der Waals surface area contributed by atoms with Crippen molar-refractivity contribution in [1.82, 2.24) is 0 Å². The fraction of sp³-hybridized carbons (Fsp3) is 0.333. The molecule has 96 valence electrons. The highest BCUT2D eigenvalue weighted by Crippen LogP contribution is 2.32. The highest BCUT2D eigenvalue weighted by Gasteiger charge is 2.31. The van der Waals surface area contributed by atoms with Gasteiger partial charge in [0.25, 0.3) is 0 Å². The molecule has 1 aliphatic heterocycles. The third kappa shape index (κ3) is 2.69. The summed E-state index contributed by atoms with van der Waals surface area (Å²) in [6, 6.07) is 3.60. The van der Waals surface area contributed by atoms with Gasteiger partial charge in [0.15, 0.2) is 5.78 Å². The van der Waals surface area contributed by atoms with Crippen LogP contribution in [0.3, 0.4) is 0 Å². The van der Waals surface area contributed by atoms with Gasteiger partial charge >= 0.3 is 6.36 Å². The summed E-state index contributed by atoms with van der Waals surface area (Å²) in [5.41, 5.74) is 1.31. The minimum atomic E-state index is -4.76. The number of ether oxygens (including phenoxy) is 1. The lowest BCUT2D eigenvalue weighted by Gasteiger charge is -2.15. The van der Waals surface area contributed by atoms with Gasteiger partial charge in [0, 0.05) is 17.7 Å². The Morgan fingerprint density at radius 1 is 1.39 bits per heavy atom. The minimum Gasteiger partial charge on any atom is -0.406 e. The molecule has 0 aromatic heterocycles. The zero-order chi connectivity index (χ0) is 13.3. The second kappa shape index (κ2) is 4.44. The van der Waals surface area contributed by atoms with Crippen molar-refractivity contribution in [1.29, 1.82) is 0 Å². The molecule has 0 fully saturated rings. The number of halogens is 3. The van der Waals surface area contributed by atoms with Crippen molar-refractivity contribution in [3.8, 4) is 5.75 Å². The molecule has 0 atom stereocenters. The first-order valence-electron chi connectivity index (χ1n) is 5.38. The number of carbonyl (C=O) groups is 1. The van der Waals surface area contributed by atoms with Crippen molar-refractivity contribution in [3.05, 3.63) is 23.8 Å². The van der Waals surface area contributed by atoms with Crippen molar-refractivity contribution in [2.75, 3.05) is 0 Å². The molecule has 0 amide bonds. The maximum atomic E-state index is 12.1. The normalized spacial score (nSPS) is 15.1. The number of ketones is 1. The van der Waals surface area contributed by atoms with E-state index >= 15 is 0 Å². The standard InChI is InChI=1S/C12H10F3NO2/c1-2-7-5-11(17)9-6-8(18-12(13,14)15)3-4-10(9)16-7/h3-4,6H,2,5H2,1H3. The third-order valence-electron chi connectivity index (χ3n) is 2.55. The van der Waals surface area contributed by atoms with Crippen LogP contribution in [0.4, 0.5) is 18.9 Å². The number of carbonyl (C=O) groups excluding carboxylic acids is 1. The second-order valence-corrected chi connectivity index (χ2v) is 3.86. The van der Waals surface area contributed by atoms with Crippen molar-refractivity contribution in [2.45, 2.75) is 26.1 Å². The van der Waals surface area contributed by atoms with Crippen LogP contribution in [0.2, 0.25) is 0 Å². The van der Waals surface area contributed by atoms with E-state index in [2.05, 4.69) is 9.73 Å². The molecule has 0 aliphatic carbocycles. The van der Waals surface area contributed by atoms with Crippen LogP contribution in [-0.4, -0.2) is 17.9 Å². The van der Waals surface area contributed by atoms with Crippen LogP contribution in [0, 0.1) is 0 Å². The summed E-state index contributed by atoms with van der Waals surface area (Å²) in [6.07, 6.45) is -3.96. The molecule has 0 saturated heterocycles. The summed E-state index contributed by atoms with van der Waals surface area (Å²) in [5, 5.41) is 0. The molecule has 0 bridgehead atoms. The van der Waals surface area contributed by atoms with E-state index in [1.54, 1.807) is 0 Å². The highest BCUT2D eigenvalue weighted by molar-refractivity contribution is 6.15. The van der Waals surface area contributed by atoms with Gasteiger partial charge in [-0.05, 0) is 24.6 Å². The molecule has 0 unspecified atom stereocenters. The van der Waals surface area contributed by atoms with Crippen LogP contribution >= 0.6 is 0 Å². The average molecular weight is 257 g/mol. The quantitative estimate of drug-likeness (QED) is 0.811.